The number of carbonyl (C=O) groups is 2. The van der Waals surface area contributed by atoms with Crippen LogP contribution in [0.15, 0.2) is 30.3 Å². The van der Waals surface area contributed by atoms with Crippen LogP contribution in [0, 0.1) is 5.92 Å². The van der Waals surface area contributed by atoms with E-state index in [2.05, 4.69) is 0 Å². The Balaban J connectivity index is 1.83. The van der Waals surface area contributed by atoms with Crippen molar-refractivity contribution < 1.29 is 14.7 Å². The van der Waals surface area contributed by atoms with Crippen molar-refractivity contribution in [1.82, 2.24) is 4.90 Å². The van der Waals surface area contributed by atoms with Crippen LogP contribution in [0.2, 0.25) is 0 Å². The Kier molecular flexibility index (Phi) is 3.70. The van der Waals surface area contributed by atoms with Gasteiger partial charge in [0.05, 0.1) is 11.8 Å². The van der Waals surface area contributed by atoms with Gasteiger partial charge in [-0.25, -0.2) is 0 Å². The van der Waals surface area contributed by atoms with Gasteiger partial charge in [-0.2, -0.15) is 0 Å². The zero-order valence-electron chi connectivity index (χ0n) is 12.2. The maximum atomic E-state index is 12.9. The van der Waals surface area contributed by atoms with Gasteiger partial charge in [0.25, 0.3) is 0 Å². The summed E-state index contributed by atoms with van der Waals surface area (Å²) in [5.74, 6) is -1.17. The van der Waals surface area contributed by atoms with Crippen molar-refractivity contribution in [1.29, 1.82) is 0 Å². The van der Waals surface area contributed by atoms with E-state index in [0.717, 1.165) is 24.8 Å². The highest BCUT2D eigenvalue weighted by Gasteiger charge is 2.52. The van der Waals surface area contributed by atoms with Crippen LogP contribution in [-0.2, 0) is 9.59 Å². The molecule has 4 unspecified atom stereocenters. The van der Waals surface area contributed by atoms with E-state index in [1.807, 2.05) is 42.2 Å². The molecule has 4 atom stereocenters. The van der Waals surface area contributed by atoms with Crippen molar-refractivity contribution in [2.24, 2.45) is 5.92 Å². The van der Waals surface area contributed by atoms with E-state index < -0.39 is 5.97 Å². The normalized spacial score (nSPS) is 28.6. The molecule has 4 heteroatoms. The van der Waals surface area contributed by atoms with Crippen molar-refractivity contribution in [3.05, 3.63) is 35.9 Å². The molecule has 0 radical (unpaired) electrons. The molecule has 1 aromatic carbocycles. The van der Waals surface area contributed by atoms with Crippen LogP contribution in [0.4, 0.5) is 0 Å². The van der Waals surface area contributed by atoms with Gasteiger partial charge < -0.3 is 10.0 Å². The molecule has 1 N–H and O–H groups in total. The number of amides is 1. The third-order valence-electron chi connectivity index (χ3n) is 5.02. The Labute approximate surface area is 124 Å². The molecular weight excluding hydrogens is 266 g/mol. The molecule has 2 aliphatic rings. The Morgan fingerprint density at radius 1 is 1.29 bits per heavy atom. The van der Waals surface area contributed by atoms with E-state index in [1.165, 1.54) is 0 Å². The molecule has 2 heterocycles. The fraction of sp³-hybridized carbons (Fsp3) is 0.529. The first-order valence-corrected chi connectivity index (χ1v) is 7.73. The summed E-state index contributed by atoms with van der Waals surface area (Å²) >= 11 is 0. The van der Waals surface area contributed by atoms with Crippen LogP contribution in [-0.4, -0.2) is 34.0 Å². The Morgan fingerprint density at radius 3 is 2.57 bits per heavy atom. The second-order valence-corrected chi connectivity index (χ2v) is 6.10. The largest absolute Gasteiger partial charge is 0.481 e. The Morgan fingerprint density at radius 2 is 2.00 bits per heavy atom. The van der Waals surface area contributed by atoms with Gasteiger partial charge in [0, 0.05) is 12.1 Å². The van der Waals surface area contributed by atoms with Crippen molar-refractivity contribution in [3.63, 3.8) is 0 Å². The number of benzene rings is 1. The Hall–Kier alpha value is -1.84. The quantitative estimate of drug-likeness (QED) is 0.926. The van der Waals surface area contributed by atoms with E-state index in [4.69, 9.17) is 0 Å². The van der Waals surface area contributed by atoms with Crippen molar-refractivity contribution in [2.45, 2.75) is 50.6 Å². The maximum Gasteiger partial charge on any atom is 0.308 e. The lowest BCUT2D eigenvalue weighted by Crippen LogP contribution is -2.40. The number of nitrogens with zero attached hydrogens (tertiary/aromatic N) is 1. The smallest absolute Gasteiger partial charge is 0.308 e. The summed E-state index contributed by atoms with van der Waals surface area (Å²) in [6, 6.07) is 9.84. The number of hydrogen-bond donors (Lipinski definition) is 1. The molecule has 4 nitrogen and oxygen atoms in total. The number of aliphatic carboxylic acids is 1. The van der Waals surface area contributed by atoms with E-state index >= 15 is 0 Å². The van der Waals surface area contributed by atoms with E-state index in [-0.39, 0.29) is 29.8 Å². The fourth-order valence-electron chi connectivity index (χ4n) is 4.02. The molecule has 2 fully saturated rings. The third-order valence-corrected chi connectivity index (χ3v) is 5.02. The number of carbonyl (C=O) groups excluding carboxylic acids is 1. The highest BCUT2D eigenvalue weighted by Crippen LogP contribution is 2.43. The molecule has 2 saturated heterocycles. The van der Waals surface area contributed by atoms with E-state index in [9.17, 15) is 14.7 Å². The SMILES string of the molecule is CCC(C(=O)N1C2CCC1C(C(=O)O)C2)c1ccccc1. The summed E-state index contributed by atoms with van der Waals surface area (Å²) in [5.41, 5.74) is 1.03. The van der Waals surface area contributed by atoms with Crippen LogP contribution < -0.4 is 0 Å². The lowest BCUT2D eigenvalue weighted by molar-refractivity contribution is -0.143. The van der Waals surface area contributed by atoms with Crippen molar-refractivity contribution in [2.75, 3.05) is 0 Å². The second-order valence-electron chi connectivity index (χ2n) is 6.10. The van der Waals surface area contributed by atoms with Gasteiger partial charge in [-0.3, -0.25) is 9.59 Å². The standard InChI is InChI=1S/C17H21NO3/c1-2-13(11-6-4-3-5-7-11)16(19)18-12-8-9-15(18)14(10-12)17(20)21/h3-7,12-15H,2,8-10H2,1H3,(H,20,21). The minimum atomic E-state index is -0.757. The first kappa shape index (κ1) is 14.1. The van der Waals surface area contributed by atoms with Gasteiger partial charge in [-0.15, -0.1) is 0 Å². The predicted molar refractivity (Wildman–Crippen MR) is 78.9 cm³/mol. The summed E-state index contributed by atoms with van der Waals surface area (Å²) in [7, 11) is 0. The van der Waals surface area contributed by atoms with Crippen LogP contribution in [0.5, 0.6) is 0 Å². The number of carboxylic acid groups (broad SMARTS) is 1. The maximum absolute atomic E-state index is 12.9. The molecule has 21 heavy (non-hydrogen) atoms. The molecule has 1 aromatic rings. The monoisotopic (exact) mass is 287 g/mol. The van der Waals surface area contributed by atoms with Crippen molar-refractivity contribution >= 4 is 11.9 Å². The zero-order valence-corrected chi connectivity index (χ0v) is 12.2. The summed E-state index contributed by atoms with van der Waals surface area (Å²) in [6.07, 6.45) is 3.15. The van der Waals surface area contributed by atoms with Crippen molar-refractivity contribution in [3.8, 4) is 0 Å². The lowest BCUT2D eigenvalue weighted by Gasteiger charge is -2.27. The van der Waals surface area contributed by atoms with Crippen LogP contribution in [0.3, 0.4) is 0 Å². The number of carboxylic acids is 1. The highest BCUT2D eigenvalue weighted by atomic mass is 16.4. The fourth-order valence-corrected chi connectivity index (χ4v) is 4.02. The molecule has 2 aliphatic heterocycles. The van der Waals surface area contributed by atoms with Gasteiger partial charge in [-0.05, 0) is 31.2 Å². The molecule has 2 bridgehead atoms. The van der Waals surface area contributed by atoms with Crippen LogP contribution >= 0.6 is 0 Å². The van der Waals surface area contributed by atoms with Gasteiger partial charge >= 0.3 is 5.97 Å². The zero-order chi connectivity index (χ0) is 15.0. The summed E-state index contributed by atoms with van der Waals surface area (Å²) in [6.45, 7) is 2.02. The molecule has 0 saturated carbocycles. The van der Waals surface area contributed by atoms with Crippen LogP contribution in [0.1, 0.15) is 44.1 Å². The van der Waals surface area contributed by atoms with Crippen LogP contribution in [0.25, 0.3) is 0 Å². The number of rotatable bonds is 4. The molecule has 3 rings (SSSR count). The third kappa shape index (κ3) is 2.33. The van der Waals surface area contributed by atoms with Gasteiger partial charge in [-0.1, -0.05) is 37.3 Å². The number of fused-ring (bicyclic) bond motifs is 2. The predicted octanol–water partition coefficient (Wildman–Crippen LogP) is 2.64. The minimum absolute atomic E-state index is 0.0993. The number of hydrogen-bond acceptors (Lipinski definition) is 2. The molecule has 0 spiro atoms. The highest BCUT2D eigenvalue weighted by molar-refractivity contribution is 5.86. The first-order valence-electron chi connectivity index (χ1n) is 7.73. The average molecular weight is 287 g/mol. The first-order chi connectivity index (χ1) is 10.1. The van der Waals surface area contributed by atoms with E-state index in [0.29, 0.717) is 6.42 Å². The summed E-state index contributed by atoms with van der Waals surface area (Å²) in [4.78, 5) is 26.2. The molecular formula is C17H21NO3. The molecule has 1 amide bonds. The summed E-state index contributed by atoms with van der Waals surface area (Å²) < 4.78 is 0. The molecule has 0 aromatic heterocycles. The molecule has 112 valence electrons. The summed E-state index contributed by atoms with van der Waals surface area (Å²) in [5, 5.41) is 9.31. The molecule has 0 aliphatic carbocycles. The van der Waals surface area contributed by atoms with Gasteiger partial charge in [0.15, 0.2) is 0 Å². The van der Waals surface area contributed by atoms with Gasteiger partial charge in [0.1, 0.15) is 0 Å². The average Bonchev–Trinajstić information content (AvgIpc) is 3.06. The second kappa shape index (κ2) is 5.51. The Bertz CT molecular complexity index is 542. The van der Waals surface area contributed by atoms with E-state index in [1.54, 1.807) is 0 Å². The topological polar surface area (TPSA) is 57.6 Å². The lowest BCUT2D eigenvalue weighted by atomic mass is 9.89. The van der Waals surface area contributed by atoms with Gasteiger partial charge in [0.2, 0.25) is 5.91 Å². The minimum Gasteiger partial charge on any atom is -0.481 e.